The Bertz CT molecular complexity index is 759. The summed E-state index contributed by atoms with van der Waals surface area (Å²) in [7, 11) is 1.65. The largest absolute Gasteiger partial charge is 0.496 e. The Morgan fingerprint density at radius 1 is 1.19 bits per heavy atom. The smallest absolute Gasteiger partial charge is 0.234 e. The third-order valence-corrected chi connectivity index (χ3v) is 6.04. The van der Waals surface area contributed by atoms with Gasteiger partial charge in [0.15, 0.2) is 0 Å². The van der Waals surface area contributed by atoms with Gasteiger partial charge in [-0.3, -0.25) is 14.6 Å². The lowest BCUT2D eigenvalue weighted by Gasteiger charge is -2.34. The fraction of sp³-hybridized carbons (Fsp3) is 0.450. The van der Waals surface area contributed by atoms with Crippen LogP contribution in [0.4, 0.5) is 0 Å². The van der Waals surface area contributed by atoms with E-state index in [1.807, 2.05) is 37.3 Å². The second kappa shape index (κ2) is 9.55. The van der Waals surface area contributed by atoms with E-state index in [4.69, 9.17) is 16.3 Å². The molecule has 1 saturated heterocycles. The Kier molecular flexibility index (Phi) is 7.13. The minimum atomic E-state index is -0.0847. The molecule has 0 spiro atoms. The van der Waals surface area contributed by atoms with Crippen molar-refractivity contribution in [2.24, 2.45) is 0 Å². The molecular weight excluding hydrogens is 382 g/mol. The van der Waals surface area contributed by atoms with Crippen LogP contribution in [0.15, 0.2) is 36.4 Å². The van der Waals surface area contributed by atoms with Crippen molar-refractivity contribution >= 4 is 28.8 Å². The highest BCUT2D eigenvalue weighted by Crippen LogP contribution is 2.24. The van der Waals surface area contributed by atoms with Gasteiger partial charge in [-0.2, -0.15) is 0 Å². The van der Waals surface area contributed by atoms with Gasteiger partial charge in [0.2, 0.25) is 5.91 Å². The van der Waals surface area contributed by atoms with Crippen molar-refractivity contribution in [2.45, 2.75) is 19.5 Å². The number of piperazine rings is 1. The number of benzene rings is 1. The van der Waals surface area contributed by atoms with Crippen LogP contribution in [0.25, 0.3) is 0 Å². The van der Waals surface area contributed by atoms with Gasteiger partial charge in [0, 0.05) is 43.2 Å². The molecule has 1 atom stereocenters. The quantitative estimate of drug-likeness (QED) is 0.764. The molecule has 0 bridgehead atoms. The van der Waals surface area contributed by atoms with Crippen LogP contribution in [-0.2, 0) is 11.3 Å². The number of halogens is 1. The van der Waals surface area contributed by atoms with E-state index in [2.05, 4.69) is 21.2 Å². The van der Waals surface area contributed by atoms with Crippen LogP contribution < -0.4 is 10.1 Å². The van der Waals surface area contributed by atoms with Gasteiger partial charge >= 0.3 is 0 Å². The Hall–Kier alpha value is -1.60. The Labute approximate surface area is 169 Å². The number of hydrogen-bond acceptors (Lipinski definition) is 5. The highest BCUT2D eigenvalue weighted by molar-refractivity contribution is 7.16. The molecule has 1 amide bonds. The number of nitrogens with one attached hydrogen (secondary N) is 1. The maximum Gasteiger partial charge on any atom is 0.234 e. The SMILES string of the molecule is COc1ccccc1[C@H](C)NC(=O)CN1CCN(Cc2ccc(Cl)s2)CC1. The van der Waals surface area contributed by atoms with Crippen LogP contribution in [0.3, 0.4) is 0 Å². The molecule has 1 N–H and O–H groups in total. The fourth-order valence-electron chi connectivity index (χ4n) is 3.35. The third kappa shape index (κ3) is 5.69. The van der Waals surface area contributed by atoms with Gasteiger partial charge in [0.1, 0.15) is 5.75 Å². The molecule has 0 saturated carbocycles. The molecule has 5 nitrogen and oxygen atoms in total. The summed E-state index contributed by atoms with van der Waals surface area (Å²) in [5.74, 6) is 0.847. The first-order valence-electron chi connectivity index (χ1n) is 9.16. The number of amides is 1. The fourth-order valence-corrected chi connectivity index (χ4v) is 4.48. The van der Waals surface area contributed by atoms with E-state index in [0.29, 0.717) is 6.54 Å². The maximum atomic E-state index is 12.4. The summed E-state index contributed by atoms with van der Waals surface area (Å²) in [6.07, 6.45) is 0. The first-order chi connectivity index (χ1) is 13.0. The zero-order valence-corrected chi connectivity index (χ0v) is 17.4. The Morgan fingerprint density at radius 3 is 2.56 bits per heavy atom. The summed E-state index contributed by atoms with van der Waals surface area (Å²) < 4.78 is 6.22. The molecule has 0 radical (unpaired) electrons. The minimum Gasteiger partial charge on any atom is -0.496 e. The summed E-state index contributed by atoms with van der Waals surface area (Å²) in [6, 6.07) is 11.7. The molecule has 146 valence electrons. The van der Waals surface area contributed by atoms with Crippen molar-refractivity contribution in [3.05, 3.63) is 51.2 Å². The van der Waals surface area contributed by atoms with Gasteiger partial charge in [0.05, 0.1) is 24.0 Å². The van der Waals surface area contributed by atoms with Gasteiger partial charge in [-0.05, 0) is 25.1 Å². The van der Waals surface area contributed by atoms with Crippen LogP contribution >= 0.6 is 22.9 Å². The molecular formula is C20H26ClN3O2S. The number of methoxy groups -OCH3 is 1. The van der Waals surface area contributed by atoms with Gasteiger partial charge in [-0.1, -0.05) is 29.8 Å². The molecule has 27 heavy (non-hydrogen) atoms. The van der Waals surface area contributed by atoms with E-state index in [9.17, 15) is 4.79 Å². The van der Waals surface area contributed by atoms with Crippen molar-refractivity contribution in [1.29, 1.82) is 0 Å². The molecule has 0 unspecified atom stereocenters. The van der Waals surface area contributed by atoms with Crippen LogP contribution in [0.5, 0.6) is 5.75 Å². The molecule has 1 fully saturated rings. The molecule has 0 aliphatic carbocycles. The summed E-state index contributed by atoms with van der Waals surface area (Å²) in [6.45, 7) is 7.07. The summed E-state index contributed by atoms with van der Waals surface area (Å²) >= 11 is 7.64. The minimum absolute atomic E-state index is 0.0481. The third-order valence-electron chi connectivity index (χ3n) is 4.82. The van der Waals surface area contributed by atoms with E-state index in [-0.39, 0.29) is 11.9 Å². The molecule has 1 aliphatic heterocycles. The van der Waals surface area contributed by atoms with Crippen LogP contribution in [-0.4, -0.2) is 55.5 Å². The van der Waals surface area contributed by atoms with Gasteiger partial charge in [0.25, 0.3) is 0 Å². The average Bonchev–Trinajstić information content (AvgIpc) is 3.08. The number of ether oxygens (including phenoxy) is 1. The molecule has 7 heteroatoms. The first-order valence-corrected chi connectivity index (χ1v) is 10.4. The van der Waals surface area contributed by atoms with E-state index in [0.717, 1.165) is 48.4 Å². The Morgan fingerprint density at radius 2 is 1.89 bits per heavy atom. The predicted octanol–water partition coefficient (Wildman–Crippen LogP) is 3.41. The van der Waals surface area contributed by atoms with Gasteiger partial charge in [-0.15, -0.1) is 11.3 Å². The van der Waals surface area contributed by atoms with E-state index in [1.54, 1.807) is 18.4 Å². The van der Waals surface area contributed by atoms with E-state index >= 15 is 0 Å². The predicted molar refractivity (Wildman–Crippen MR) is 111 cm³/mol. The number of para-hydroxylation sites is 1. The molecule has 2 heterocycles. The van der Waals surface area contributed by atoms with Crippen molar-refractivity contribution in [2.75, 3.05) is 39.8 Å². The monoisotopic (exact) mass is 407 g/mol. The lowest BCUT2D eigenvalue weighted by Crippen LogP contribution is -2.49. The number of thiophene rings is 1. The number of carbonyl (C=O) groups excluding carboxylic acids is 1. The van der Waals surface area contributed by atoms with Crippen LogP contribution in [0, 0.1) is 0 Å². The number of carbonyl (C=O) groups is 1. The highest BCUT2D eigenvalue weighted by atomic mass is 35.5. The van der Waals surface area contributed by atoms with Crippen molar-refractivity contribution in [1.82, 2.24) is 15.1 Å². The standard InChI is InChI=1S/C20H26ClN3O2S/c1-15(17-5-3-4-6-18(17)26-2)22-20(25)14-24-11-9-23(10-12-24)13-16-7-8-19(21)27-16/h3-8,15H,9-14H2,1-2H3,(H,22,25)/t15-/m0/s1. The first kappa shape index (κ1) is 20.1. The molecule has 1 aliphatic rings. The average molecular weight is 408 g/mol. The molecule has 2 aromatic rings. The molecule has 1 aromatic heterocycles. The van der Waals surface area contributed by atoms with Crippen LogP contribution in [0.2, 0.25) is 4.34 Å². The zero-order chi connectivity index (χ0) is 19.2. The van der Waals surface area contributed by atoms with E-state index < -0.39 is 0 Å². The topological polar surface area (TPSA) is 44.8 Å². The van der Waals surface area contributed by atoms with Crippen molar-refractivity contribution in [3.63, 3.8) is 0 Å². The lowest BCUT2D eigenvalue weighted by atomic mass is 10.1. The number of rotatable bonds is 7. The lowest BCUT2D eigenvalue weighted by molar-refractivity contribution is -0.123. The zero-order valence-electron chi connectivity index (χ0n) is 15.8. The second-order valence-corrected chi connectivity index (χ2v) is 8.59. The number of hydrogen-bond donors (Lipinski definition) is 1. The van der Waals surface area contributed by atoms with Crippen LogP contribution in [0.1, 0.15) is 23.4 Å². The van der Waals surface area contributed by atoms with Crippen molar-refractivity contribution in [3.8, 4) is 5.75 Å². The van der Waals surface area contributed by atoms with Crippen molar-refractivity contribution < 1.29 is 9.53 Å². The second-order valence-electron chi connectivity index (χ2n) is 6.79. The Balaban J connectivity index is 1.44. The summed E-state index contributed by atoms with van der Waals surface area (Å²) in [5, 5.41) is 3.08. The molecule has 3 rings (SSSR count). The normalized spacial score (nSPS) is 16.9. The van der Waals surface area contributed by atoms with E-state index in [1.165, 1.54) is 4.88 Å². The number of nitrogens with zero attached hydrogens (tertiary/aromatic N) is 2. The maximum absolute atomic E-state index is 12.4. The van der Waals surface area contributed by atoms with Gasteiger partial charge in [-0.25, -0.2) is 0 Å². The molecule has 1 aromatic carbocycles. The van der Waals surface area contributed by atoms with Gasteiger partial charge < -0.3 is 10.1 Å². The highest BCUT2D eigenvalue weighted by Gasteiger charge is 2.21. The summed E-state index contributed by atoms with van der Waals surface area (Å²) in [4.78, 5) is 18.4. The summed E-state index contributed by atoms with van der Waals surface area (Å²) in [5.41, 5.74) is 0.993.